The van der Waals surface area contributed by atoms with E-state index in [-0.39, 0.29) is 33.3 Å². The Balaban J connectivity index is 1.57. The van der Waals surface area contributed by atoms with Crippen LogP contribution in [0, 0.1) is 11.3 Å². The van der Waals surface area contributed by atoms with Crippen LogP contribution in [0.2, 0.25) is 0 Å². The summed E-state index contributed by atoms with van der Waals surface area (Å²) in [5.41, 5.74) is 14.5. The molecule has 11 heteroatoms. The molecule has 0 radical (unpaired) electrons. The highest BCUT2D eigenvalue weighted by Crippen LogP contribution is 2.43. The second-order valence-corrected chi connectivity index (χ2v) is 8.81. The van der Waals surface area contributed by atoms with Crippen molar-refractivity contribution >= 4 is 56.1 Å². The minimum Gasteiger partial charge on any atom is -0.397 e. The summed E-state index contributed by atoms with van der Waals surface area (Å²) in [6.45, 7) is 0. The van der Waals surface area contributed by atoms with E-state index in [9.17, 15) is 14.9 Å². The third-order valence-corrected chi connectivity index (χ3v) is 6.80. The molecule has 1 aromatic carbocycles. The Morgan fingerprint density at radius 1 is 1.21 bits per heavy atom. The molecule has 0 fully saturated rings. The molecule has 0 unspecified atom stereocenters. The summed E-state index contributed by atoms with van der Waals surface area (Å²) in [4.78, 5) is 30.4. The normalized spacial score (nSPS) is 10.9. The van der Waals surface area contributed by atoms with Crippen LogP contribution in [0.5, 0.6) is 0 Å². The van der Waals surface area contributed by atoms with Gasteiger partial charge in [-0.3, -0.25) is 14.7 Å². The lowest BCUT2D eigenvalue weighted by molar-refractivity contribution is 0.103. The van der Waals surface area contributed by atoms with Crippen molar-refractivity contribution in [1.82, 2.24) is 14.8 Å². The Morgan fingerprint density at radius 3 is 2.70 bits per heavy atom. The smallest absolute Gasteiger partial charge is 0.273 e. The number of amides is 1. The molecule has 0 saturated heterocycles. The monoisotopic (exact) mass is 473 g/mol. The van der Waals surface area contributed by atoms with Crippen molar-refractivity contribution < 1.29 is 4.79 Å². The van der Waals surface area contributed by atoms with Crippen LogP contribution < -0.4 is 22.3 Å². The number of fused-ring (bicyclic) bond motifs is 1. The molecule has 162 valence electrons. The molecule has 5 rings (SSSR count). The number of carbonyl (C=O) groups is 1. The van der Waals surface area contributed by atoms with Gasteiger partial charge in [-0.15, -0.1) is 11.3 Å². The Bertz CT molecular complexity index is 1610. The number of rotatable bonds is 4. The topological polar surface area (TPSA) is 156 Å². The van der Waals surface area contributed by atoms with Crippen molar-refractivity contribution in [2.24, 2.45) is 0 Å². The van der Waals surface area contributed by atoms with Crippen LogP contribution in [-0.4, -0.2) is 20.7 Å². The van der Waals surface area contributed by atoms with Crippen molar-refractivity contribution in [2.75, 3.05) is 16.8 Å². The largest absolute Gasteiger partial charge is 0.397 e. The number of nitrogen functional groups attached to an aromatic ring is 2. The van der Waals surface area contributed by atoms with Crippen LogP contribution in [0.4, 0.5) is 17.3 Å². The molecule has 1 amide bonds. The van der Waals surface area contributed by atoms with E-state index < -0.39 is 5.91 Å². The minimum absolute atomic E-state index is 0.0728. The molecule has 0 aliphatic carbocycles. The van der Waals surface area contributed by atoms with Gasteiger partial charge in [0.1, 0.15) is 33.0 Å². The van der Waals surface area contributed by atoms with Crippen LogP contribution >= 0.6 is 22.7 Å². The standard InChI is InChI=1S/C22H15N7O2S2/c23-9-13-16(11-6-7-32-10-11)17-18(24)19(33-22(17)27-20(13)25)21(31)26-14-8-15(30)29(28-14)12-4-2-1-3-5-12/h1-8,10,28H,24H2,(H2,25,27)(H,26,31). The third-order valence-electron chi connectivity index (χ3n) is 5.02. The van der Waals surface area contributed by atoms with Gasteiger partial charge >= 0.3 is 0 Å². The molecule has 0 bridgehead atoms. The van der Waals surface area contributed by atoms with E-state index in [1.54, 1.807) is 24.3 Å². The minimum atomic E-state index is -0.509. The number of benzene rings is 1. The summed E-state index contributed by atoms with van der Waals surface area (Å²) in [6, 6.07) is 14.2. The first kappa shape index (κ1) is 20.5. The summed E-state index contributed by atoms with van der Waals surface area (Å²) in [7, 11) is 0. The lowest BCUT2D eigenvalue weighted by Crippen LogP contribution is -2.13. The van der Waals surface area contributed by atoms with Crippen molar-refractivity contribution in [3.8, 4) is 22.9 Å². The zero-order valence-corrected chi connectivity index (χ0v) is 18.5. The number of aromatic nitrogens is 3. The number of aromatic amines is 1. The Labute approximate surface area is 194 Å². The highest BCUT2D eigenvalue weighted by Gasteiger charge is 2.25. The maximum atomic E-state index is 13.1. The van der Waals surface area contributed by atoms with E-state index >= 15 is 0 Å². The zero-order valence-electron chi connectivity index (χ0n) is 16.8. The number of hydrogen-bond acceptors (Lipinski definition) is 8. The summed E-state index contributed by atoms with van der Waals surface area (Å²) in [5.74, 6) is -0.220. The predicted molar refractivity (Wildman–Crippen MR) is 131 cm³/mol. The fourth-order valence-electron chi connectivity index (χ4n) is 3.56. The van der Waals surface area contributed by atoms with E-state index in [4.69, 9.17) is 11.5 Å². The first-order valence-corrected chi connectivity index (χ1v) is 11.4. The molecule has 4 aromatic heterocycles. The van der Waals surface area contributed by atoms with Crippen molar-refractivity contribution in [3.63, 3.8) is 0 Å². The molecule has 0 aliphatic heterocycles. The second kappa shape index (κ2) is 7.94. The van der Waals surface area contributed by atoms with Crippen molar-refractivity contribution in [2.45, 2.75) is 0 Å². The number of thiophene rings is 2. The number of pyridine rings is 1. The zero-order chi connectivity index (χ0) is 23.1. The average molecular weight is 474 g/mol. The quantitative estimate of drug-likeness (QED) is 0.311. The molecular formula is C22H15N7O2S2. The van der Waals surface area contributed by atoms with Crippen molar-refractivity contribution in [1.29, 1.82) is 5.26 Å². The van der Waals surface area contributed by atoms with E-state index in [0.717, 1.165) is 16.9 Å². The number of anilines is 3. The number of hydrogen-bond donors (Lipinski definition) is 4. The lowest BCUT2D eigenvalue weighted by Gasteiger charge is -2.07. The highest BCUT2D eigenvalue weighted by molar-refractivity contribution is 7.21. The fraction of sp³-hybridized carbons (Fsp3) is 0. The summed E-state index contributed by atoms with van der Waals surface area (Å²) in [6.07, 6.45) is 0. The predicted octanol–water partition coefficient (Wildman–Crippen LogP) is 3.79. The fourth-order valence-corrected chi connectivity index (χ4v) is 5.21. The summed E-state index contributed by atoms with van der Waals surface area (Å²) < 4.78 is 1.32. The van der Waals surface area contributed by atoms with Gasteiger partial charge in [-0.2, -0.15) is 16.6 Å². The van der Waals surface area contributed by atoms with Crippen LogP contribution in [0.3, 0.4) is 0 Å². The molecule has 6 N–H and O–H groups in total. The van der Waals surface area contributed by atoms with Crippen LogP contribution in [-0.2, 0) is 0 Å². The van der Waals surface area contributed by atoms with E-state index in [0.29, 0.717) is 21.5 Å². The molecule has 5 aromatic rings. The number of nitrogens with zero attached hydrogens (tertiary/aromatic N) is 3. The van der Waals surface area contributed by atoms with Gasteiger partial charge in [0.05, 0.1) is 11.4 Å². The molecule has 4 heterocycles. The number of H-pyrrole nitrogens is 1. The van der Waals surface area contributed by atoms with Gasteiger partial charge in [-0.05, 0) is 34.5 Å². The SMILES string of the molecule is N#Cc1c(N)nc2sc(C(=O)Nc3cc(=O)n(-c4ccccc4)[nH]3)c(N)c2c1-c1ccsc1. The van der Waals surface area contributed by atoms with Gasteiger partial charge in [0, 0.05) is 17.0 Å². The number of nitrogens with one attached hydrogen (secondary N) is 2. The van der Waals surface area contributed by atoms with Gasteiger partial charge in [-0.1, -0.05) is 18.2 Å². The number of para-hydroxylation sites is 1. The van der Waals surface area contributed by atoms with Crippen molar-refractivity contribution in [3.05, 3.63) is 74.0 Å². The van der Waals surface area contributed by atoms with Crippen LogP contribution in [0.25, 0.3) is 27.0 Å². The van der Waals surface area contributed by atoms with Gasteiger partial charge in [-0.25, -0.2) is 9.67 Å². The molecule has 0 spiro atoms. The number of nitrogens with two attached hydrogens (primary N) is 2. The van der Waals surface area contributed by atoms with Gasteiger partial charge < -0.3 is 16.8 Å². The Hall–Kier alpha value is -4.40. The highest BCUT2D eigenvalue weighted by atomic mass is 32.1. The molecule has 0 atom stereocenters. The molecular weight excluding hydrogens is 458 g/mol. The van der Waals surface area contributed by atoms with Gasteiger partial charge in [0.15, 0.2) is 0 Å². The first-order chi connectivity index (χ1) is 16.0. The third kappa shape index (κ3) is 3.43. The molecule has 9 nitrogen and oxygen atoms in total. The van der Waals surface area contributed by atoms with Gasteiger partial charge in [0.2, 0.25) is 0 Å². The van der Waals surface area contributed by atoms with Gasteiger partial charge in [0.25, 0.3) is 11.5 Å². The second-order valence-electron chi connectivity index (χ2n) is 7.03. The van der Waals surface area contributed by atoms with E-state index in [1.165, 1.54) is 22.1 Å². The molecule has 0 saturated carbocycles. The maximum absolute atomic E-state index is 13.1. The number of nitriles is 1. The number of carbonyl (C=O) groups excluding carboxylic acids is 1. The first-order valence-electron chi connectivity index (χ1n) is 9.61. The molecule has 0 aliphatic rings. The lowest BCUT2D eigenvalue weighted by atomic mass is 9.99. The van der Waals surface area contributed by atoms with E-state index in [1.807, 2.05) is 22.9 Å². The Kier molecular flexibility index (Phi) is 4.93. The maximum Gasteiger partial charge on any atom is 0.273 e. The molecule has 33 heavy (non-hydrogen) atoms. The van der Waals surface area contributed by atoms with E-state index in [2.05, 4.69) is 21.5 Å². The summed E-state index contributed by atoms with van der Waals surface area (Å²) in [5, 5.41) is 19.5. The van der Waals surface area contributed by atoms with Crippen LogP contribution in [0.1, 0.15) is 15.2 Å². The summed E-state index contributed by atoms with van der Waals surface area (Å²) >= 11 is 2.54. The Morgan fingerprint density at radius 2 is 2.00 bits per heavy atom. The average Bonchev–Trinajstić information content (AvgIpc) is 3.53. The van der Waals surface area contributed by atoms with Crippen LogP contribution in [0.15, 0.2) is 58.0 Å².